The fourth-order valence-corrected chi connectivity index (χ4v) is 2.28. The SMILES string of the molecule is COc1c(O)cc(F)c(C(N)CC(=O)O)c1Br. The molecule has 0 aromatic heterocycles. The van der Waals surface area contributed by atoms with Gasteiger partial charge in [0, 0.05) is 17.7 Å². The minimum Gasteiger partial charge on any atom is -0.504 e. The number of rotatable bonds is 4. The maximum absolute atomic E-state index is 13.6. The molecule has 0 aliphatic carbocycles. The number of phenols is 1. The molecule has 1 rings (SSSR count). The van der Waals surface area contributed by atoms with Crippen molar-refractivity contribution in [3.63, 3.8) is 0 Å². The van der Waals surface area contributed by atoms with Gasteiger partial charge < -0.3 is 20.7 Å². The lowest BCUT2D eigenvalue weighted by Gasteiger charge is -2.16. The third-order valence-electron chi connectivity index (χ3n) is 2.16. The summed E-state index contributed by atoms with van der Waals surface area (Å²) in [5.74, 6) is -2.30. The Hall–Kier alpha value is -1.34. The van der Waals surface area contributed by atoms with Crippen molar-refractivity contribution in [3.8, 4) is 11.5 Å². The van der Waals surface area contributed by atoms with Crippen molar-refractivity contribution in [1.82, 2.24) is 0 Å². The Bertz CT molecular complexity index is 452. The standard InChI is InChI=1S/C10H11BrFNO4/c1-17-10-6(14)2-4(12)8(9(10)11)5(13)3-7(15)16/h2,5,14H,3,13H2,1H3,(H,15,16). The zero-order chi connectivity index (χ0) is 13.2. The third kappa shape index (κ3) is 2.86. The Kier molecular flexibility index (Phi) is 4.30. The maximum atomic E-state index is 13.6. The first-order valence-corrected chi connectivity index (χ1v) is 5.40. The molecule has 1 unspecified atom stereocenters. The van der Waals surface area contributed by atoms with E-state index in [1.54, 1.807) is 0 Å². The van der Waals surface area contributed by atoms with Crippen LogP contribution in [-0.2, 0) is 4.79 Å². The fourth-order valence-electron chi connectivity index (χ4n) is 1.43. The highest BCUT2D eigenvalue weighted by Gasteiger charge is 2.23. The van der Waals surface area contributed by atoms with Gasteiger partial charge in [0.2, 0.25) is 0 Å². The summed E-state index contributed by atoms with van der Waals surface area (Å²) in [6.45, 7) is 0. The van der Waals surface area contributed by atoms with Gasteiger partial charge in [0.1, 0.15) is 5.82 Å². The second kappa shape index (κ2) is 5.33. The first kappa shape index (κ1) is 13.7. The van der Waals surface area contributed by atoms with E-state index < -0.39 is 24.2 Å². The number of aliphatic carboxylic acids is 1. The Morgan fingerprint density at radius 3 is 2.76 bits per heavy atom. The first-order chi connectivity index (χ1) is 7.88. The smallest absolute Gasteiger partial charge is 0.305 e. The molecule has 0 fully saturated rings. The normalized spacial score (nSPS) is 12.2. The van der Waals surface area contributed by atoms with E-state index in [-0.39, 0.29) is 21.5 Å². The van der Waals surface area contributed by atoms with Crippen LogP contribution in [0, 0.1) is 5.82 Å². The monoisotopic (exact) mass is 307 g/mol. The highest BCUT2D eigenvalue weighted by molar-refractivity contribution is 9.10. The van der Waals surface area contributed by atoms with Crippen molar-refractivity contribution in [2.24, 2.45) is 5.73 Å². The largest absolute Gasteiger partial charge is 0.504 e. The summed E-state index contributed by atoms with van der Waals surface area (Å²) in [6, 6.07) is -0.197. The van der Waals surface area contributed by atoms with Crippen LogP contribution in [0.3, 0.4) is 0 Å². The van der Waals surface area contributed by atoms with Crippen molar-refractivity contribution in [2.75, 3.05) is 7.11 Å². The molecule has 0 heterocycles. The minimum absolute atomic E-state index is 0.0160. The molecule has 7 heteroatoms. The van der Waals surface area contributed by atoms with Crippen molar-refractivity contribution >= 4 is 21.9 Å². The van der Waals surface area contributed by atoms with Crippen molar-refractivity contribution in [3.05, 3.63) is 21.9 Å². The van der Waals surface area contributed by atoms with Crippen LogP contribution in [0.1, 0.15) is 18.0 Å². The van der Waals surface area contributed by atoms with Crippen molar-refractivity contribution in [1.29, 1.82) is 0 Å². The van der Waals surface area contributed by atoms with Gasteiger partial charge in [-0.05, 0) is 15.9 Å². The minimum atomic E-state index is -1.14. The van der Waals surface area contributed by atoms with Gasteiger partial charge in [-0.25, -0.2) is 4.39 Å². The van der Waals surface area contributed by atoms with E-state index in [1.807, 2.05) is 0 Å². The van der Waals surface area contributed by atoms with Crippen molar-refractivity contribution < 1.29 is 24.1 Å². The van der Waals surface area contributed by atoms with Crippen LogP contribution in [0.2, 0.25) is 0 Å². The average Bonchev–Trinajstić information content (AvgIpc) is 2.15. The number of carbonyl (C=O) groups is 1. The highest BCUT2D eigenvalue weighted by Crippen LogP contribution is 2.41. The van der Waals surface area contributed by atoms with Crippen LogP contribution < -0.4 is 10.5 Å². The number of phenolic OH excluding ortho intramolecular Hbond substituents is 1. The Labute approximate surface area is 105 Å². The molecule has 0 saturated heterocycles. The number of aromatic hydroxyl groups is 1. The lowest BCUT2D eigenvalue weighted by Crippen LogP contribution is -2.17. The number of ether oxygens (including phenoxy) is 1. The highest BCUT2D eigenvalue weighted by atomic mass is 79.9. The molecular formula is C10H11BrFNO4. The molecule has 0 bridgehead atoms. The van der Waals surface area contributed by atoms with Gasteiger partial charge in [-0.3, -0.25) is 4.79 Å². The molecule has 0 spiro atoms. The van der Waals surface area contributed by atoms with E-state index in [1.165, 1.54) is 7.11 Å². The van der Waals surface area contributed by atoms with Gasteiger partial charge in [-0.2, -0.15) is 0 Å². The molecule has 0 aliphatic rings. The molecule has 0 radical (unpaired) electrons. The van der Waals surface area contributed by atoms with Crippen LogP contribution in [0.4, 0.5) is 4.39 Å². The maximum Gasteiger partial charge on any atom is 0.305 e. The number of hydrogen-bond donors (Lipinski definition) is 3. The zero-order valence-electron chi connectivity index (χ0n) is 8.91. The number of nitrogens with two attached hydrogens (primary N) is 1. The Morgan fingerprint density at radius 1 is 1.71 bits per heavy atom. The second-order valence-electron chi connectivity index (χ2n) is 3.34. The van der Waals surface area contributed by atoms with E-state index in [9.17, 15) is 14.3 Å². The lowest BCUT2D eigenvalue weighted by atomic mass is 10.0. The van der Waals surface area contributed by atoms with Gasteiger partial charge in [-0.1, -0.05) is 0 Å². The lowest BCUT2D eigenvalue weighted by molar-refractivity contribution is -0.137. The third-order valence-corrected chi connectivity index (χ3v) is 2.95. The Balaban J connectivity index is 3.28. The summed E-state index contributed by atoms with van der Waals surface area (Å²) in [7, 11) is 1.30. The molecule has 1 aromatic rings. The zero-order valence-corrected chi connectivity index (χ0v) is 10.5. The number of methoxy groups -OCH3 is 1. The average molecular weight is 308 g/mol. The van der Waals surface area contributed by atoms with E-state index in [2.05, 4.69) is 15.9 Å². The van der Waals surface area contributed by atoms with Gasteiger partial charge in [-0.15, -0.1) is 0 Å². The molecule has 94 valence electrons. The molecule has 0 aliphatic heterocycles. The number of carboxylic acid groups (broad SMARTS) is 1. The topological polar surface area (TPSA) is 92.8 Å². The molecule has 5 nitrogen and oxygen atoms in total. The molecular weight excluding hydrogens is 297 g/mol. The quantitative estimate of drug-likeness (QED) is 0.788. The Morgan fingerprint density at radius 2 is 2.29 bits per heavy atom. The fraction of sp³-hybridized carbons (Fsp3) is 0.300. The molecule has 17 heavy (non-hydrogen) atoms. The number of benzene rings is 1. The second-order valence-corrected chi connectivity index (χ2v) is 4.14. The first-order valence-electron chi connectivity index (χ1n) is 4.60. The molecule has 0 saturated carbocycles. The number of hydrogen-bond acceptors (Lipinski definition) is 4. The van der Waals surface area contributed by atoms with Crippen LogP contribution in [-0.4, -0.2) is 23.3 Å². The van der Waals surface area contributed by atoms with Gasteiger partial charge in [0.25, 0.3) is 0 Å². The summed E-state index contributed by atoms with van der Waals surface area (Å²) in [5, 5.41) is 18.0. The van der Waals surface area contributed by atoms with Gasteiger partial charge >= 0.3 is 5.97 Å². The van der Waals surface area contributed by atoms with Gasteiger partial charge in [0.15, 0.2) is 11.5 Å². The van der Waals surface area contributed by atoms with Crippen LogP contribution in [0.5, 0.6) is 11.5 Å². The molecule has 1 atom stereocenters. The molecule has 1 aromatic carbocycles. The van der Waals surface area contributed by atoms with Gasteiger partial charge in [0.05, 0.1) is 18.0 Å². The molecule has 4 N–H and O–H groups in total. The van der Waals surface area contributed by atoms with Crippen LogP contribution in [0.25, 0.3) is 0 Å². The van der Waals surface area contributed by atoms with Crippen LogP contribution >= 0.6 is 15.9 Å². The summed E-state index contributed by atoms with van der Waals surface area (Å²) in [5.41, 5.74) is 5.54. The molecule has 0 amide bonds. The number of halogens is 2. The predicted molar refractivity (Wildman–Crippen MR) is 61.5 cm³/mol. The van der Waals surface area contributed by atoms with E-state index in [0.717, 1.165) is 6.07 Å². The van der Waals surface area contributed by atoms with Crippen LogP contribution in [0.15, 0.2) is 10.5 Å². The van der Waals surface area contributed by atoms with E-state index >= 15 is 0 Å². The number of carboxylic acids is 1. The van der Waals surface area contributed by atoms with Crippen molar-refractivity contribution in [2.45, 2.75) is 12.5 Å². The van der Waals surface area contributed by atoms with E-state index in [0.29, 0.717) is 0 Å². The summed E-state index contributed by atoms with van der Waals surface area (Å²) in [4.78, 5) is 10.5. The summed E-state index contributed by atoms with van der Waals surface area (Å²) in [6.07, 6.45) is -0.427. The summed E-state index contributed by atoms with van der Waals surface area (Å²) >= 11 is 3.04. The predicted octanol–water partition coefficient (Wildman–Crippen LogP) is 1.78. The van der Waals surface area contributed by atoms with E-state index in [4.69, 9.17) is 15.6 Å². The summed E-state index contributed by atoms with van der Waals surface area (Å²) < 4.78 is 18.6.